The molecular formula is C102H86N32O9. The first-order valence-electron chi connectivity index (χ1n) is 45.9. The van der Waals surface area contributed by atoms with Crippen molar-refractivity contribution in [1.82, 2.24) is 89.2 Å². The van der Waals surface area contributed by atoms with Crippen LogP contribution in [0, 0.1) is 79.0 Å². The highest BCUT2D eigenvalue weighted by Gasteiger charge is 2.42. The highest BCUT2D eigenvalue weighted by Crippen LogP contribution is 2.46. The molecule has 41 nitrogen and oxygen atoms in total. The van der Waals surface area contributed by atoms with Gasteiger partial charge in [-0.3, -0.25) is 57.3 Å². The molecule has 0 bridgehead atoms. The van der Waals surface area contributed by atoms with Crippen LogP contribution in [0.5, 0.6) is 17.2 Å². The van der Waals surface area contributed by atoms with Crippen molar-refractivity contribution < 1.29 is 14.2 Å². The van der Waals surface area contributed by atoms with Crippen LogP contribution in [0.2, 0.25) is 0 Å². The Morgan fingerprint density at radius 2 is 0.832 bits per heavy atom. The van der Waals surface area contributed by atoms with Crippen molar-refractivity contribution in [2.45, 2.75) is 144 Å². The van der Waals surface area contributed by atoms with Gasteiger partial charge in [0, 0.05) is 18.4 Å². The number of H-pyrrole nitrogens is 6. The summed E-state index contributed by atoms with van der Waals surface area (Å²) in [5.74, 6) is 14.9. The number of benzene rings is 6. The van der Waals surface area contributed by atoms with Gasteiger partial charge in [-0.05, 0) is 208 Å². The number of nitrogens with one attached hydrogen (secondary N) is 12. The van der Waals surface area contributed by atoms with E-state index in [-0.39, 0.29) is 119 Å². The normalized spacial score (nSPS) is 21.4. The van der Waals surface area contributed by atoms with Gasteiger partial charge in [-0.25, -0.2) is 28.8 Å². The number of terminal acetylenes is 4. The van der Waals surface area contributed by atoms with Crippen LogP contribution in [-0.4, -0.2) is 113 Å². The molecule has 41 heteroatoms. The number of aromatic nitrogens is 12. The highest BCUT2D eigenvalue weighted by molar-refractivity contribution is 5.68. The molecule has 0 spiro atoms. The zero-order chi connectivity index (χ0) is 98.4. The maximum atomic E-state index is 12.6. The van der Waals surface area contributed by atoms with Crippen LogP contribution in [-0.2, 0) is 25.7 Å². The van der Waals surface area contributed by atoms with Gasteiger partial charge < -0.3 is 46.1 Å². The Bertz CT molecular complexity index is 8290. The molecule has 0 amide bonds. The quantitative estimate of drug-likeness (QED) is 0.0424. The van der Waals surface area contributed by atoms with Crippen molar-refractivity contribution in [1.29, 1.82) is 10.5 Å². The Kier molecular flexibility index (Phi) is 23.9. The van der Waals surface area contributed by atoms with Crippen molar-refractivity contribution in [2.24, 2.45) is 61.4 Å². The third kappa shape index (κ3) is 16.6. The molecule has 0 saturated carbocycles. The van der Waals surface area contributed by atoms with Gasteiger partial charge in [-0.15, -0.1) is 62.3 Å². The summed E-state index contributed by atoms with van der Waals surface area (Å²) in [7, 11) is 0. The number of allylic oxidation sites excluding steroid dienone is 1. The lowest BCUT2D eigenvalue weighted by Crippen LogP contribution is -2.28. The van der Waals surface area contributed by atoms with Crippen molar-refractivity contribution in [3.8, 4) is 113 Å². The van der Waals surface area contributed by atoms with Crippen LogP contribution in [0.1, 0.15) is 135 Å². The van der Waals surface area contributed by atoms with Crippen LogP contribution in [0.25, 0.3) is 40.2 Å². The van der Waals surface area contributed by atoms with E-state index in [1.807, 2.05) is 159 Å². The summed E-state index contributed by atoms with van der Waals surface area (Å²) in [6, 6.07) is 41.5. The van der Waals surface area contributed by atoms with Gasteiger partial charge in [0.05, 0.1) is 110 Å². The molecule has 26 rings (SSSR count). The Morgan fingerprint density at radius 1 is 0.427 bits per heavy atom. The van der Waals surface area contributed by atoms with Crippen molar-refractivity contribution >= 4 is 41.0 Å². The SMILES string of the molecule is C#CC(C)Oc1ccc(-n2c3c([nH]c2=O)N=NC2NC=CC32)cc1.C#CCC1=Cc2cc(-n3c4c([nH]c3=O)N=NC3NC=CC43)ccc2C1.C#CCOc1ccc(-n2c3c([nH]c2=O)N=NC2NC=CC32)cc1.C#Cc1ccc(-n2c3c([nH]c2=O)N=NC2NC=CC32)c2c1CC2.CC(C#N)Oc1ccccc1-n1c2c([nH]c1=O)N=NC1NC=CC21.Cc1cccc(-n2c3c([nH]c2=O)N=NC2NC=CC32)c1CCC#N. The maximum Gasteiger partial charge on any atom is 0.332 e. The van der Waals surface area contributed by atoms with Crippen LogP contribution < -0.4 is 80.2 Å². The summed E-state index contributed by atoms with van der Waals surface area (Å²) in [6.45, 7) is 5.66. The third-order valence-corrected chi connectivity index (χ3v) is 26.2. The fourth-order valence-electron chi connectivity index (χ4n) is 19.5. The van der Waals surface area contributed by atoms with E-state index in [1.54, 1.807) is 83.7 Å². The highest BCUT2D eigenvalue weighted by atomic mass is 16.5. The molecule has 6 aromatic carbocycles. The number of azo groups is 6. The summed E-state index contributed by atoms with van der Waals surface area (Å²) < 4.78 is 26.5. The second kappa shape index (κ2) is 37.9. The average Bonchev–Trinajstić information content (AvgIpc) is 1.61. The number of aryl methyl sites for hydroxylation is 1. The molecular weight excluding hydrogens is 1820 g/mol. The smallest absolute Gasteiger partial charge is 0.332 e. The molecule has 12 N–H and O–H groups in total. The standard InChI is InChI=1S/C19H15N5O.C17H16N6O.C17H15N5O2.C17H13N5O.C16H14N6O2.C16H13N5O2/c1-2-3-11-8-12-4-5-14(10-13(12)9-11)24-16-15-6-7-20-17(15)22-23-18(16)21-19(24)25;1-10-4-2-6-13(11(10)5-3-8-18)23-14-12-7-9-19-15(12)21-22-16(14)20-17(23)24;1-3-10(2)24-12-6-4-11(5-7-12)22-14-13-8-9-18-15(13)20-21-16(14)19-17(22)23;1-2-9-3-6-13(11-5-4-10(9)11)22-14-12-7-8-18-15(12)20-21-16(14)19-17(22)23;1-9(8-17)24-12-5-3-2-4-11(12)22-13-10-6-7-18-14(10)20-21-15(13)19-16(22)23;1-2-9-23-11-5-3-10(4-6-11)21-13-12-7-8-17-14(12)19-20-15(13)18-16(21)22/h1,4-7,9-10,15,17,20H,3,8H2,(H,21,25);2,4,6-7,9,12,15,19H,3,5H2,1H3,(H,20,24);1,4-10,13,15,18H,2H3,(H,19,23);1,3,6-8,12,15,18H,4-5H2,(H,19,23);2-7,9-10,14,18H,1H3,(H,19,23);1,3-8,12,14,17H,9H2,(H,18,22). The molecule has 14 atom stereocenters. The fourth-order valence-corrected chi connectivity index (χ4v) is 19.5. The number of nitriles is 2. The molecule has 18 heterocycles. The summed E-state index contributed by atoms with van der Waals surface area (Å²) in [6.07, 6.45) is 49.1. The number of nitrogens with zero attached hydrogens (tertiary/aromatic N) is 20. The minimum Gasteiger partial charge on any atom is -0.481 e. The summed E-state index contributed by atoms with van der Waals surface area (Å²) >= 11 is 0. The van der Waals surface area contributed by atoms with E-state index in [4.69, 9.17) is 50.4 Å². The van der Waals surface area contributed by atoms with Gasteiger partial charge in [-0.1, -0.05) is 96.2 Å². The topological polar surface area (TPSA) is 523 Å². The fraction of sp³-hybridized carbons (Fsp3) is 0.235. The number of imidazole rings is 6. The molecule has 143 heavy (non-hydrogen) atoms. The molecule has 708 valence electrons. The zero-order valence-electron chi connectivity index (χ0n) is 76.5. The number of ether oxygens (including phenoxy) is 3. The van der Waals surface area contributed by atoms with E-state index < -0.39 is 6.10 Å². The Morgan fingerprint density at radius 3 is 1.25 bits per heavy atom. The average molecular weight is 1900 g/mol. The summed E-state index contributed by atoms with van der Waals surface area (Å²) in [4.78, 5) is 91.8. The molecule has 6 aromatic heterocycles. The lowest BCUT2D eigenvalue weighted by molar-refractivity contribution is 0.275. The molecule has 12 aromatic rings. The molecule has 12 aliphatic heterocycles. The lowest BCUT2D eigenvalue weighted by atomic mass is 9.83. The first-order valence-corrected chi connectivity index (χ1v) is 45.9. The molecule has 0 radical (unpaired) electrons. The van der Waals surface area contributed by atoms with Crippen molar-refractivity contribution in [3.63, 3.8) is 0 Å². The monoisotopic (exact) mass is 1900 g/mol. The van der Waals surface area contributed by atoms with Gasteiger partial charge in [0.15, 0.2) is 84.1 Å². The Hall–Kier alpha value is -19.4. The number of para-hydroxylation sites is 2. The number of fused-ring (bicyclic) bond motifs is 20. The van der Waals surface area contributed by atoms with Crippen LogP contribution >= 0.6 is 0 Å². The lowest BCUT2D eigenvalue weighted by Gasteiger charge is -2.26. The molecule has 0 fully saturated rings. The van der Waals surface area contributed by atoms with Gasteiger partial charge in [0.2, 0.25) is 0 Å². The van der Waals surface area contributed by atoms with Crippen LogP contribution in [0.3, 0.4) is 0 Å². The summed E-state index contributed by atoms with van der Waals surface area (Å²) in [5.41, 5.74) is 16.9. The van der Waals surface area contributed by atoms with Crippen molar-refractivity contribution in [3.05, 3.63) is 337 Å². The van der Waals surface area contributed by atoms with Crippen molar-refractivity contribution in [2.75, 3.05) is 6.61 Å². The number of hydrogen-bond donors (Lipinski definition) is 12. The van der Waals surface area contributed by atoms with Gasteiger partial charge in [-0.2, -0.15) is 41.2 Å². The molecule has 14 aliphatic rings. The van der Waals surface area contributed by atoms with Crippen LogP contribution in [0.4, 0.5) is 34.9 Å². The van der Waals surface area contributed by atoms with E-state index in [2.05, 4.69) is 165 Å². The third-order valence-electron chi connectivity index (χ3n) is 26.2. The van der Waals surface area contributed by atoms with E-state index >= 15 is 0 Å². The Balaban J connectivity index is 0.000000101. The first kappa shape index (κ1) is 90.1. The van der Waals surface area contributed by atoms with E-state index in [1.165, 1.54) is 22.3 Å². The minimum atomic E-state index is -0.628. The van der Waals surface area contributed by atoms with Gasteiger partial charge >= 0.3 is 34.1 Å². The maximum absolute atomic E-state index is 12.6. The first-order chi connectivity index (χ1) is 69.8. The number of rotatable bonds is 15. The molecule has 0 saturated heterocycles. The molecule has 14 unspecified atom stereocenters. The van der Waals surface area contributed by atoms with E-state index in [0.717, 1.165) is 104 Å². The van der Waals surface area contributed by atoms with E-state index in [9.17, 15) is 28.8 Å². The minimum absolute atomic E-state index is 0.00415. The zero-order valence-corrected chi connectivity index (χ0v) is 76.5. The summed E-state index contributed by atoms with van der Waals surface area (Å²) in [5, 5.41) is 86.6. The second-order valence-corrected chi connectivity index (χ2v) is 34.7. The molecule has 2 aliphatic carbocycles. The van der Waals surface area contributed by atoms with Crippen LogP contribution in [0.15, 0.2) is 291 Å². The predicted molar refractivity (Wildman–Crippen MR) is 526 cm³/mol. The second-order valence-electron chi connectivity index (χ2n) is 34.7. The van der Waals surface area contributed by atoms with Gasteiger partial charge in [0.25, 0.3) is 0 Å². The number of hydrogen-bond acceptors (Lipinski definition) is 29. The number of aromatic amines is 6. The Labute approximate surface area is 812 Å². The predicted octanol–water partition coefficient (Wildman–Crippen LogP) is 13.2. The van der Waals surface area contributed by atoms with E-state index in [0.29, 0.717) is 77.1 Å². The van der Waals surface area contributed by atoms with Gasteiger partial charge in [0.1, 0.15) is 29.9 Å². The largest absolute Gasteiger partial charge is 0.481 e.